The molecule has 0 aromatic carbocycles. The van der Waals surface area contributed by atoms with Crippen LogP contribution in [-0.4, -0.2) is 43.4 Å². The number of thiophene rings is 1. The fourth-order valence-corrected chi connectivity index (χ4v) is 3.83. The van der Waals surface area contributed by atoms with E-state index in [2.05, 4.69) is 21.2 Å². The van der Waals surface area contributed by atoms with Crippen LogP contribution >= 0.6 is 39.5 Å². The normalized spacial score (nSPS) is 18.5. The molecule has 8 heteroatoms. The molecular formula is C14H17BrN2O3S2. The lowest BCUT2D eigenvalue weighted by atomic mass is 10.0. The second-order valence-corrected chi connectivity index (χ2v) is 7.59. The Hall–Kier alpha value is -0.960. The van der Waals surface area contributed by atoms with Gasteiger partial charge in [-0.25, -0.2) is 4.79 Å². The van der Waals surface area contributed by atoms with Crippen molar-refractivity contribution < 1.29 is 14.3 Å². The topological polar surface area (TPSA) is 50.8 Å². The summed E-state index contributed by atoms with van der Waals surface area (Å²) in [4.78, 5) is 15.3. The van der Waals surface area contributed by atoms with Gasteiger partial charge in [0.05, 0.1) is 22.0 Å². The van der Waals surface area contributed by atoms with Crippen molar-refractivity contribution in [3.8, 4) is 0 Å². The van der Waals surface area contributed by atoms with Crippen molar-refractivity contribution in [1.29, 1.82) is 0 Å². The molecule has 1 aliphatic rings. The summed E-state index contributed by atoms with van der Waals surface area (Å²) >= 11 is 10.3. The Bertz CT molecular complexity index is 615. The van der Waals surface area contributed by atoms with Gasteiger partial charge in [-0.3, -0.25) is 0 Å². The highest BCUT2D eigenvalue weighted by Gasteiger charge is 2.34. The molecule has 1 aromatic rings. The van der Waals surface area contributed by atoms with Crippen LogP contribution in [0.15, 0.2) is 27.2 Å². The van der Waals surface area contributed by atoms with E-state index < -0.39 is 0 Å². The average Bonchev–Trinajstić information content (AvgIpc) is 2.91. The van der Waals surface area contributed by atoms with Gasteiger partial charge in [0, 0.05) is 24.7 Å². The van der Waals surface area contributed by atoms with Crippen LogP contribution in [0, 0.1) is 0 Å². The number of ether oxygens (including phenoxy) is 2. The minimum Gasteiger partial charge on any atom is -0.460 e. The molecule has 2 heterocycles. The monoisotopic (exact) mass is 404 g/mol. The van der Waals surface area contributed by atoms with E-state index in [9.17, 15) is 4.79 Å². The third-order valence-corrected chi connectivity index (χ3v) is 5.45. The van der Waals surface area contributed by atoms with E-state index in [1.165, 1.54) is 0 Å². The van der Waals surface area contributed by atoms with Crippen LogP contribution < -0.4 is 5.32 Å². The van der Waals surface area contributed by atoms with Crippen molar-refractivity contribution >= 4 is 50.6 Å². The number of nitrogens with one attached hydrogen (secondary N) is 1. The Morgan fingerprint density at radius 1 is 1.50 bits per heavy atom. The van der Waals surface area contributed by atoms with Crippen LogP contribution in [0.4, 0.5) is 0 Å². The number of carbonyl (C=O) groups excluding carboxylic acids is 1. The molecule has 0 fully saturated rings. The van der Waals surface area contributed by atoms with E-state index in [4.69, 9.17) is 21.7 Å². The third kappa shape index (κ3) is 3.68. The van der Waals surface area contributed by atoms with E-state index in [-0.39, 0.29) is 18.6 Å². The number of methoxy groups -OCH3 is 1. The molecule has 1 atom stereocenters. The highest BCUT2D eigenvalue weighted by atomic mass is 79.9. The Balaban J connectivity index is 2.33. The highest BCUT2D eigenvalue weighted by Crippen LogP contribution is 2.35. The lowest BCUT2D eigenvalue weighted by molar-refractivity contribution is -0.140. The summed E-state index contributed by atoms with van der Waals surface area (Å²) in [5, 5.41) is 3.79. The predicted molar refractivity (Wildman–Crippen MR) is 93.8 cm³/mol. The lowest BCUT2D eigenvalue weighted by Crippen LogP contribution is -2.45. The molecule has 0 saturated heterocycles. The molecule has 0 unspecified atom stereocenters. The molecule has 0 spiro atoms. The molecule has 0 aliphatic carbocycles. The molecule has 0 amide bonds. The van der Waals surface area contributed by atoms with Crippen LogP contribution in [0.2, 0.25) is 0 Å². The van der Waals surface area contributed by atoms with Crippen molar-refractivity contribution in [2.24, 2.45) is 0 Å². The summed E-state index contributed by atoms with van der Waals surface area (Å²) in [6.45, 7) is 2.46. The maximum absolute atomic E-state index is 12.5. The Labute approximate surface area is 147 Å². The fraction of sp³-hybridized carbons (Fsp3) is 0.429. The number of halogens is 1. The molecule has 1 N–H and O–H groups in total. The van der Waals surface area contributed by atoms with E-state index in [1.54, 1.807) is 23.3 Å². The van der Waals surface area contributed by atoms with Crippen LogP contribution in [0.5, 0.6) is 0 Å². The van der Waals surface area contributed by atoms with Gasteiger partial charge in [0.1, 0.15) is 6.61 Å². The first-order valence-corrected chi connectivity index (χ1v) is 8.63. The molecule has 22 heavy (non-hydrogen) atoms. The number of esters is 1. The predicted octanol–water partition coefficient (Wildman–Crippen LogP) is 2.84. The molecule has 0 radical (unpaired) electrons. The van der Waals surface area contributed by atoms with Crippen molar-refractivity contribution in [1.82, 2.24) is 10.2 Å². The largest absolute Gasteiger partial charge is 0.460 e. The molecule has 120 valence electrons. The zero-order chi connectivity index (χ0) is 16.3. The van der Waals surface area contributed by atoms with Gasteiger partial charge in [0.25, 0.3) is 0 Å². The van der Waals surface area contributed by atoms with Crippen LogP contribution in [0.1, 0.15) is 17.8 Å². The zero-order valence-electron chi connectivity index (χ0n) is 12.5. The Kier molecular flexibility index (Phi) is 5.96. The first-order valence-electron chi connectivity index (χ1n) is 6.62. The SMILES string of the molecule is COCCOC(=O)C1=C(C)N(C)C(=S)N[C@@H]1c1ccc(Br)s1. The third-order valence-electron chi connectivity index (χ3n) is 3.37. The number of hydrogen-bond acceptors (Lipinski definition) is 5. The number of nitrogens with zero attached hydrogens (tertiary/aromatic N) is 1. The van der Waals surface area contributed by atoms with E-state index in [0.717, 1.165) is 14.4 Å². The average molecular weight is 405 g/mol. The summed E-state index contributed by atoms with van der Waals surface area (Å²) in [6.07, 6.45) is 0. The molecule has 2 rings (SSSR count). The minimum absolute atomic E-state index is 0.223. The first kappa shape index (κ1) is 17.4. The van der Waals surface area contributed by atoms with Gasteiger partial charge in [0.2, 0.25) is 0 Å². The Morgan fingerprint density at radius 3 is 2.82 bits per heavy atom. The second kappa shape index (κ2) is 7.54. The summed E-state index contributed by atoms with van der Waals surface area (Å²) in [6, 6.07) is 3.62. The number of thiocarbonyl (C=S) groups is 1. The van der Waals surface area contributed by atoms with Crippen LogP contribution in [0.25, 0.3) is 0 Å². The van der Waals surface area contributed by atoms with Gasteiger partial charge < -0.3 is 19.7 Å². The molecule has 0 bridgehead atoms. The number of allylic oxidation sites excluding steroid dienone is 1. The zero-order valence-corrected chi connectivity index (χ0v) is 15.7. The van der Waals surface area contributed by atoms with Gasteiger partial charge >= 0.3 is 5.97 Å². The maximum atomic E-state index is 12.5. The summed E-state index contributed by atoms with van der Waals surface area (Å²) in [5.74, 6) is -0.356. The maximum Gasteiger partial charge on any atom is 0.338 e. The summed E-state index contributed by atoms with van der Waals surface area (Å²) < 4.78 is 11.2. The number of rotatable bonds is 5. The molecular weight excluding hydrogens is 388 g/mol. The summed E-state index contributed by atoms with van der Waals surface area (Å²) in [7, 11) is 3.40. The second-order valence-electron chi connectivity index (χ2n) is 4.71. The van der Waals surface area contributed by atoms with Gasteiger partial charge in [-0.15, -0.1) is 11.3 Å². The van der Waals surface area contributed by atoms with Gasteiger partial charge in [-0.2, -0.15) is 0 Å². The lowest BCUT2D eigenvalue weighted by Gasteiger charge is -2.34. The standard InChI is InChI=1S/C14H17BrN2O3S2/c1-8-11(13(18)20-7-6-19-3)12(16-14(21)17(8)2)9-4-5-10(15)22-9/h4-5,12H,6-7H2,1-3H3,(H,16,21)/t12-/m1/s1. The highest BCUT2D eigenvalue weighted by molar-refractivity contribution is 9.11. The Morgan fingerprint density at radius 2 is 2.23 bits per heavy atom. The first-order chi connectivity index (χ1) is 10.5. The van der Waals surface area contributed by atoms with E-state index in [0.29, 0.717) is 17.3 Å². The van der Waals surface area contributed by atoms with Gasteiger partial charge in [0.15, 0.2) is 5.11 Å². The van der Waals surface area contributed by atoms with E-state index >= 15 is 0 Å². The quantitative estimate of drug-likeness (QED) is 0.462. The smallest absolute Gasteiger partial charge is 0.338 e. The number of carbonyl (C=O) groups is 1. The van der Waals surface area contributed by atoms with Gasteiger partial charge in [-0.1, -0.05) is 0 Å². The van der Waals surface area contributed by atoms with Crippen LogP contribution in [-0.2, 0) is 14.3 Å². The van der Waals surface area contributed by atoms with Crippen molar-refractivity contribution in [2.75, 3.05) is 27.4 Å². The molecule has 1 aromatic heterocycles. The minimum atomic E-state index is -0.356. The fourth-order valence-electron chi connectivity index (χ4n) is 2.09. The molecule has 1 aliphatic heterocycles. The molecule has 5 nitrogen and oxygen atoms in total. The van der Waals surface area contributed by atoms with Crippen molar-refractivity contribution in [3.63, 3.8) is 0 Å². The van der Waals surface area contributed by atoms with Crippen LogP contribution in [0.3, 0.4) is 0 Å². The molecule has 0 saturated carbocycles. The van der Waals surface area contributed by atoms with E-state index in [1.807, 2.05) is 26.1 Å². The number of hydrogen-bond donors (Lipinski definition) is 1. The van der Waals surface area contributed by atoms with Gasteiger partial charge in [-0.05, 0) is 47.2 Å². The van der Waals surface area contributed by atoms with Crippen molar-refractivity contribution in [2.45, 2.75) is 13.0 Å². The van der Waals surface area contributed by atoms with Crippen molar-refractivity contribution in [3.05, 3.63) is 32.1 Å². The summed E-state index contributed by atoms with van der Waals surface area (Å²) in [5.41, 5.74) is 1.36.